The summed E-state index contributed by atoms with van der Waals surface area (Å²) < 4.78 is 5.81. The van der Waals surface area contributed by atoms with Crippen molar-refractivity contribution in [2.75, 3.05) is 0 Å². The van der Waals surface area contributed by atoms with E-state index >= 15 is 0 Å². The number of carboxylic acids is 1. The van der Waals surface area contributed by atoms with Crippen LogP contribution in [-0.4, -0.2) is 17.2 Å². The fourth-order valence-electron chi connectivity index (χ4n) is 2.47. The zero-order valence-electron chi connectivity index (χ0n) is 10.8. The second-order valence-corrected chi connectivity index (χ2v) is 5.97. The van der Waals surface area contributed by atoms with Gasteiger partial charge in [-0.2, -0.15) is 0 Å². The van der Waals surface area contributed by atoms with Gasteiger partial charge in [-0.25, -0.2) is 0 Å². The van der Waals surface area contributed by atoms with Crippen LogP contribution in [0.2, 0.25) is 5.02 Å². The molecule has 1 heterocycles. The predicted octanol–water partition coefficient (Wildman–Crippen LogP) is 3.42. The fraction of sp³-hybridized carbons (Fsp3) is 0.500. The van der Waals surface area contributed by atoms with Gasteiger partial charge in [0.1, 0.15) is 11.9 Å². The highest BCUT2D eigenvalue weighted by molar-refractivity contribution is 6.30. The van der Waals surface area contributed by atoms with Gasteiger partial charge >= 0.3 is 5.97 Å². The molecule has 1 unspecified atom stereocenters. The molecule has 0 amide bonds. The minimum atomic E-state index is -0.820. The minimum Gasteiger partial charge on any atom is -0.490 e. The van der Waals surface area contributed by atoms with Crippen molar-refractivity contribution in [3.05, 3.63) is 28.3 Å². The fourth-order valence-corrected chi connectivity index (χ4v) is 2.71. The second kappa shape index (κ2) is 4.47. The van der Waals surface area contributed by atoms with Crippen molar-refractivity contribution in [1.29, 1.82) is 0 Å². The summed E-state index contributed by atoms with van der Waals surface area (Å²) >= 11 is 6.12. The van der Waals surface area contributed by atoms with Gasteiger partial charge in [-0.3, -0.25) is 4.79 Å². The third-order valence-electron chi connectivity index (χ3n) is 3.28. The zero-order chi connectivity index (χ0) is 13.5. The smallest absolute Gasteiger partial charge is 0.304 e. The maximum Gasteiger partial charge on any atom is 0.304 e. The van der Waals surface area contributed by atoms with Crippen molar-refractivity contribution in [3.8, 4) is 5.75 Å². The molecule has 1 aliphatic rings. The number of fused-ring (bicyclic) bond motifs is 1. The molecule has 4 heteroatoms. The van der Waals surface area contributed by atoms with Crippen molar-refractivity contribution in [1.82, 2.24) is 0 Å². The topological polar surface area (TPSA) is 46.5 Å². The maximum atomic E-state index is 11.0. The minimum absolute atomic E-state index is 0.0531. The van der Waals surface area contributed by atoms with Gasteiger partial charge in [-0.15, -0.1) is 0 Å². The Morgan fingerprint density at radius 1 is 1.56 bits per heavy atom. The van der Waals surface area contributed by atoms with Gasteiger partial charge in [0.25, 0.3) is 0 Å². The molecular weight excluding hydrogens is 252 g/mol. The van der Waals surface area contributed by atoms with Crippen LogP contribution in [0.1, 0.15) is 38.3 Å². The monoisotopic (exact) mass is 268 g/mol. The first-order valence-electron chi connectivity index (χ1n) is 6.01. The van der Waals surface area contributed by atoms with E-state index in [0.29, 0.717) is 5.02 Å². The SMILES string of the molecule is CC1Cc2cc(Cl)cc(C(C)(C)CC(=O)O)c2O1. The molecule has 0 aromatic heterocycles. The number of ether oxygens (including phenoxy) is 1. The average molecular weight is 269 g/mol. The molecule has 0 spiro atoms. The van der Waals surface area contributed by atoms with Crippen LogP contribution in [0.5, 0.6) is 5.75 Å². The van der Waals surface area contributed by atoms with Crippen molar-refractivity contribution in [2.24, 2.45) is 0 Å². The van der Waals surface area contributed by atoms with E-state index in [2.05, 4.69) is 0 Å². The number of aliphatic carboxylic acids is 1. The van der Waals surface area contributed by atoms with E-state index in [4.69, 9.17) is 21.4 Å². The molecule has 1 aromatic rings. The lowest BCUT2D eigenvalue weighted by molar-refractivity contribution is -0.138. The number of hydrogen-bond acceptors (Lipinski definition) is 2. The third-order valence-corrected chi connectivity index (χ3v) is 3.50. The van der Waals surface area contributed by atoms with E-state index in [1.54, 1.807) is 0 Å². The average Bonchev–Trinajstić information content (AvgIpc) is 2.54. The molecule has 0 fully saturated rings. The summed E-state index contributed by atoms with van der Waals surface area (Å²) in [6, 6.07) is 3.72. The van der Waals surface area contributed by atoms with Crippen LogP contribution in [0.3, 0.4) is 0 Å². The highest BCUT2D eigenvalue weighted by Crippen LogP contribution is 2.42. The highest BCUT2D eigenvalue weighted by atomic mass is 35.5. The normalized spacial score (nSPS) is 18.3. The Bertz CT molecular complexity index is 494. The number of carbonyl (C=O) groups is 1. The third kappa shape index (κ3) is 2.46. The Hall–Kier alpha value is -1.22. The molecule has 0 radical (unpaired) electrons. The van der Waals surface area contributed by atoms with Crippen molar-refractivity contribution >= 4 is 17.6 Å². The first-order chi connectivity index (χ1) is 8.29. The van der Waals surface area contributed by atoms with Crippen LogP contribution < -0.4 is 4.74 Å². The standard InChI is InChI=1S/C14H17ClO3/c1-8-4-9-5-10(15)6-11(13(9)18-8)14(2,3)7-12(16)17/h5-6,8H,4,7H2,1-3H3,(H,16,17). The lowest BCUT2D eigenvalue weighted by Crippen LogP contribution is -2.22. The molecule has 2 rings (SSSR count). The molecule has 98 valence electrons. The Kier molecular flexibility index (Phi) is 3.28. The summed E-state index contributed by atoms with van der Waals surface area (Å²) in [6.45, 7) is 5.81. The van der Waals surface area contributed by atoms with Crippen LogP contribution in [0.25, 0.3) is 0 Å². The van der Waals surface area contributed by atoms with Crippen molar-refractivity contribution in [2.45, 2.75) is 45.1 Å². The lowest BCUT2D eigenvalue weighted by Gasteiger charge is -2.25. The van der Waals surface area contributed by atoms with E-state index in [1.165, 1.54) is 0 Å². The van der Waals surface area contributed by atoms with Crippen LogP contribution in [0.4, 0.5) is 0 Å². The summed E-state index contributed by atoms with van der Waals surface area (Å²) in [5.41, 5.74) is 1.46. The number of benzene rings is 1. The van der Waals surface area contributed by atoms with Gasteiger partial charge < -0.3 is 9.84 Å². The molecule has 1 atom stereocenters. The molecule has 1 N–H and O–H groups in total. The molecule has 0 saturated heterocycles. The van der Waals surface area contributed by atoms with E-state index < -0.39 is 11.4 Å². The van der Waals surface area contributed by atoms with E-state index in [9.17, 15) is 4.79 Å². The Morgan fingerprint density at radius 2 is 2.22 bits per heavy atom. The molecule has 0 bridgehead atoms. The maximum absolute atomic E-state index is 11.0. The van der Waals surface area contributed by atoms with Gasteiger partial charge in [0.05, 0.1) is 6.42 Å². The van der Waals surface area contributed by atoms with Crippen LogP contribution in [0, 0.1) is 0 Å². The number of hydrogen-bond donors (Lipinski definition) is 1. The first kappa shape index (κ1) is 13.2. The molecule has 18 heavy (non-hydrogen) atoms. The summed E-state index contributed by atoms with van der Waals surface area (Å²) in [5, 5.41) is 9.65. The van der Waals surface area contributed by atoms with Crippen LogP contribution >= 0.6 is 11.6 Å². The van der Waals surface area contributed by atoms with Crippen molar-refractivity contribution < 1.29 is 14.6 Å². The number of halogens is 1. The van der Waals surface area contributed by atoms with Gasteiger partial charge in [0.15, 0.2) is 0 Å². The summed E-state index contributed by atoms with van der Waals surface area (Å²) in [6.07, 6.45) is 1.00. The largest absolute Gasteiger partial charge is 0.490 e. The van der Waals surface area contributed by atoms with Gasteiger partial charge in [-0.05, 0) is 24.6 Å². The van der Waals surface area contributed by atoms with Crippen molar-refractivity contribution in [3.63, 3.8) is 0 Å². The molecule has 1 aliphatic heterocycles. The zero-order valence-corrected chi connectivity index (χ0v) is 11.5. The predicted molar refractivity (Wildman–Crippen MR) is 70.5 cm³/mol. The highest BCUT2D eigenvalue weighted by Gasteiger charge is 2.32. The molecule has 0 aliphatic carbocycles. The first-order valence-corrected chi connectivity index (χ1v) is 6.39. The number of carboxylic acid groups (broad SMARTS) is 1. The van der Waals surface area contributed by atoms with Crippen LogP contribution in [0.15, 0.2) is 12.1 Å². The van der Waals surface area contributed by atoms with E-state index in [0.717, 1.165) is 23.3 Å². The Morgan fingerprint density at radius 3 is 2.83 bits per heavy atom. The second-order valence-electron chi connectivity index (χ2n) is 5.53. The summed E-state index contributed by atoms with van der Waals surface area (Å²) in [4.78, 5) is 11.0. The van der Waals surface area contributed by atoms with Crippen LogP contribution in [-0.2, 0) is 16.6 Å². The van der Waals surface area contributed by atoms with E-state index in [-0.39, 0.29) is 12.5 Å². The van der Waals surface area contributed by atoms with E-state index in [1.807, 2.05) is 32.9 Å². The quantitative estimate of drug-likeness (QED) is 0.914. The summed E-state index contributed by atoms with van der Waals surface area (Å²) in [7, 11) is 0. The Balaban J connectivity index is 2.48. The summed E-state index contributed by atoms with van der Waals surface area (Å²) in [5.74, 6) is -0.00193. The van der Waals surface area contributed by atoms with Gasteiger partial charge in [-0.1, -0.05) is 25.4 Å². The lowest BCUT2D eigenvalue weighted by atomic mass is 9.80. The number of rotatable bonds is 3. The van der Waals surface area contributed by atoms with Gasteiger partial charge in [0, 0.05) is 22.4 Å². The van der Waals surface area contributed by atoms with Gasteiger partial charge in [0.2, 0.25) is 0 Å². The molecule has 3 nitrogen and oxygen atoms in total. The molecule has 1 aromatic carbocycles. The molecule has 0 saturated carbocycles. The Labute approximate surface area is 112 Å². The molecular formula is C14H17ClO3.